The number of halogens is 4. The number of benzene rings is 2. The van der Waals surface area contributed by atoms with Gasteiger partial charge < -0.3 is 14.4 Å². The molecular weight excluding hydrogens is 614 g/mol. The van der Waals surface area contributed by atoms with Crippen LogP contribution in [0.3, 0.4) is 0 Å². The molecule has 1 saturated carbocycles. The third kappa shape index (κ3) is 10.2. The average molecular weight is 656 g/mol. The van der Waals surface area contributed by atoms with Crippen molar-refractivity contribution in [2.75, 3.05) is 39.5 Å². The number of likely N-dealkylation sites (tertiary alicyclic amines) is 1. The second-order valence-electron chi connectivity index (χ2n) is 12.0. The van der Waals surface area contributed by atoms with Crippen molar-refractivity contribution in [2.24, 2.45) is 5.92 Å². The van der Waals surface area contributed by atoms with Crippen LogP contribution in [-0.4, -0.2) is 82.4 Å². The number of hydrogen-bond acceptors (Lipinski definition) is 6. The number of carbonyl (C=O) groups excluding carboxylic acids is 1. The molecule has 1 aliphatic heterocycles. The highest BCUT2D eigenvalue weighted by Crippen LogP contribution is 2.32. The Morgan fingerprint density at radius 3 is 2.47 bits per heavy atom. The smallest absolute Gasteiger partial charge is 0.387 e. The van der Waals surface area contributed by atoms with Crippen molar-refractivity contribution < 1.29 is 40.2 Å². The van der Waals surface area contributed by atoms with Crippen molar-refractivity contribution >= 4 is 22.0 Å². The lowest BCUT2D eigenvalue weighted by Crippen LogP contribution is -2.46. The first kappa shape index (κ1) is 34.7. The van der Waals surface area contributed by atoms with Gasteiger partial charge in [0.05, 0.1) is 13.4 Å². The maximum atomic E-state index is 14.4. The van der Waals surface area contributed by atoms with Gasteiger partial charge in [-0.05, 0) is 88.2 Å². The highest BCUT2D eigenvalue weighted by atomic mass is 32.2. The first-order valence-corrected chi connectivity index (χ1v) is 17.0. The Bertz CT molecular complexity index is 1460. The Kier molecular flexibility index (Phi) is 11.9. The van der Waals surface area contributed by atoms with E-state index in [-0.39, 0.29) is 47.2 Å². The van der Waals surface area contributed by atoms with E-state index in [9.17, 15) is 30.8 Å². The number of amides is 1. The van der Waals surface area contributed by atoms with Gasteiger partial charge in [-0.25, -0.2) is 21.9 Å². The topological polar surface area (TPSA) is 88.2 Å². The van der Waals surface area contributed by atoms with Crippen LogP contribution in [0.15, 0.2) is 42.0 Å². The molecule has 0 spiro atoms. The first-order chi connectivity index (χ1) is 21.3. The molecular formula is C32H41F4N3O5S. The quantitative estimate of drug-likeness (QED) is 0.279. The van der Waals surface area contributed by atoms with Crippen LogP contribution in [0.2, 0.25) is 0 Å². The van der Waals surface area contributed by atoms with Crippen LogP contribution in [0.5, 0.6) is 11.5 Å². The Morgan fingerprint density at radius 1 is 1.09 bits per heavy atom. The van der Waals surface area contributed by atoms with Gasteiger partial charge in [-0.3, -0.25) is 9.69 Å². The summed E-state index contributed by atoms with van der Waals surface area (Å²) in [6.07, 6.45) is 7.93. The average Bonchev–Trinajstić information content (AvgIpc) is 3.40. The van der Waals surface area contributed by atoms with Crippen LogP contribution in [0.25, 0.3) is 6.08 Å². The van der Waals surface area contributed by atoms with E-state index in [1.165, 1.54) is 43.7 Å². The molecule has 2 aliphatic rings. The van der Waals surface area contributed by atoms with Gasteiger partial charge >= 0.3 is 6.61 Å². The summed E-state index contributed by atoms with van der Waals surface area (Å²) in [6.45, 7) is 0.936. The zero-order valence-electron chi connectivity index (χ0n) is 25.8. The van der Waals surface area contributed by atoms with Crippen molar-refractivity contribution in [2.45, 2.75) is 64.1 Å². The van der Waals surface area contributed by atoms with Gasteiger partial charge in [0.2, 0.25) is 10.0 Å². The maximum Gasteiger partial charge on any atom is 0.387 e. The van der Waals surface area contributed by atoms with Crippen molar-refractivity contribution in [1.82, 2.24) is 14.5 Å². The normalized spacial score (nSPS) is 21.2. The molecule has 2 aromatic rings. The molecule has 2 fully saturated rings. The molecule has 4 rings (SSSR count). The highest BCUT2D eigenvalue weighted by Gasteiger charge is 2.32. The Labute approximate surface area is 262 Å². The summed E-state index contributed by atoms with van der Waals surface area (Å²) in [4.78, 5) is 18.0. The predicted octanol–water partition coefficient (Wildman–Crippen LogP) is 5.69. The third-order valence-electron chi connectivity index (χ3n) is 8.37. The lowest BCUT2D eigenvalue weighted by molar-refractivity contribution is -0.0512. The molecule has 2 aromatic carbocycles. The molecule has 0 aromatic heterocycles. The summed E-state index contributed by atoms with van der Waals surface area (Å²) in [5, 5.41) is 0. The summed E-state index contributed by atoms with van der Waals surface area (Å²) in [5.41, 5.74) is 1.08. The largest absolute Gasteiger partial charge is 0.493 e. The highest BCUT2D eigenvalue weighted by molar-refractivity contribution is 7.88. The molecule has 248 valence electrons. The first-order valence-electron chi connectivity index (χ1n) is 15.1. The van der Waals surface area contributed by atoms with E-state index in [1.807, 2.05) is 0 Å². The molecule has 13 heteroatoms. The number of ether oxygens (including phenoxy) is 2. The van der Waals surface area contributed by atoms with Gasteiger partial charge in [-0.1, -0.05) is 11.6 Å². The van der Waals surface area contributed by atoms with Gasteiger partial charge in [-0.2, -0.15) is 8.78 Å². The number of alkyl halides is 2. The summed E-state index contributed by atoms with van der Waals surface area (Å²) >= 11 is 0. The van der Waals surface area contributed by atoms with E-state index in [2.05, 4.69) is 14.4 Å². The van der Waals surface area contributed by atoms with Crippen molar-refractivity contribution in [3.8, 4) is 11.5 Å². The van der Waals surface area contributed by atoms with Gasteiger partial charge in [0.25, 0.3) is 5.91 Å². The molecule has 1 unspecified atom stereocenters. The molecule has 1 atom stereocenters. The maximum absolute atomic E-state index is 14.4. The van der Waals surface area contributed by atoms with Gasteiger partial charge in [0.15, 0.2) is 11.5 Å². The summed E-state index contributed by atoms with van der Waals surface area (Å²) in [7, 11) is -1.96. The Balaban J connectivity index is 1.52. The van der Waals surface area contributed by atoms with E-state index < -0.39 is 28.3 Å². The standard InChI is InChI=1S/C32H41F4N3O5S/c1-21(15-23-8-10-25(33)17-28(23)34)18-39(31(40)24-9-13-29(44-32(35)36)30(16-24)43-2)20-27-5-4-14-38(27)19-22-6-11-26(12-7-22)37-45(3,41)42/h8-10,13,15-17,22,26-27,32,37H,4-7,11-12,14,18-20H2,1-3H3/b21-15+. The van der Waals surface area contributed by atoms with Crippen LogP contribution in [-0.2, 0) is 10.0 Å². The zero-order valence-corrected chi connectivity index (χ0v) is 26.6. The molecule has 8 nitrogen and oxygen atoms in total. The van der Waals surface area contributed by atoms with Gasteiger partial charge in [0, 0.05) is 48.9 Å². The molecule has 45 heavy (non-hydrogen) atoms. The summed E-state index contributed by atoms with van der Waals surface area (Å²) in [6, 6.07) is 7.36. The lowest BCUT2D eigenvalue weighted by atomic mass is 9.86. The molecule has 1 N–H and O–H groups in total. The monoisotopic (exact) mass is 655 g/mol. The van der Waals surface area contributed by atoms with Crippen LogP contribution in [0.1, 0.15) is 61.4 Å². The minimum Gasteiger partial charge on any atom is -0.493 e. The molecule has 1 saturated heterocycles. The fourth-order valence-electron chi connectivity index (χ4n) is 6.32. The van der Waals surface area contributed by atoms with E-state index in [4.69, 9.17) is 4.74 Å². The fourth-order valence-corrected chi connectivity index (χ4v) is 7.16. The zero-order chi connectivity index (χ0) is 32.7. The number of carbonyl (C=O) groups is 1. The molecule has 0 radical (unpaired) electrons. The van der Waals surface area contributed by atoms with Crippen molar-refractivity contribution in [1.29, 1.82) is 0 Å². The number of nitrogens with one attached hydrogen (secondary N) is 1. The molecule has 1 aliphatic carbocycles. The number of methoxy groups -OCH3 is 1. The van der Waals surface area contributed by atoms with Crippen molar-refractivity contribution in [3.05, 3.63) is 64.7 Å². The Hall–Kier alpha value is -3.16. The molecule has 1 heterocycles. The summed E-state index contributed by atoms with van der Waals surface area (Å²) in [5.74, 6) is -1.55. The Morgan fingerprint density at radius 2 is 1.82 bits per heavy atom. The fraction of sp³-hybridized carbons (Fsp3) is 0.531. The minimum atomic E-state index is -3.25. The molecule has 1 amide bonds. The van der Waals surface area contributed by atoms with E-state index >= 15 is 0 Å². The SMILES string of the molecule is COc1cc(C(=O)N(C/C(C)=C/c2ccc(F)cc2F)CC2CCCN2CC2CCC(NS(C)(=O)=O)CC2)ccc1OC(F)F. The number of rotatable bonds is 13. The summed E-state index contributed by atoms with van der Waals surface area (Å²) < 4.78 is 89.3. The van der Waals surface area contributed by atoms with Gasteiger partial charge in [-0.15, -0.1) is 0 Å². The number of nitrogens with zero attached hydrogens (tertiary/aromatic N) is 2. The van der Waals surface area contributed by atoms with E-state index in [0.717, 1.165) is 57.7 Å². The predicted molar refractivity (Wildman–Crippen MR) is 164 cm³/mol. The number of sulfonamides is 1. The lowest BCUT2D eigenvalue weighted by Gasteiger charge is -2.35. The second kappa shape index (κ2) is 15.4. The van der Waals surface area contributed by atoms with Crippen LogP contribution < -0.4 is 14.2 Å². The second-order valence-corrected chi connectivity index (χ2v) is 13.8. The van der Waals surface area contributed by atoms with Crippen LogP contribution >= 0.6 is 0 Å². The minimum absolute atomic E-state index is 0.00907. The third-order valence-corrected chi connectivity index (χ3v) is 9.13. The van der Waals surface area contributed by atoms with E-state index in [0.29, 0.717) is 18.0 Å². The van der Waals surface area contributed by atoms with Crippen LogP contribution in [0.4, 0.5) is 17.6 Å². The van der Waals surface area contributed by atoms with Crippen LogP contribution in [0, 0.1) is 17.6 Å². The number of hydrogen-bond donors (Lipinski definition) is 1. The van der Waals surface area contributed by atoms with Gasteiger partial charge in [0.1, 0.15) is 11.6 Å². The van der Waals surface area contributed by atoms with Crippen molar-refractivity contribution in [3.63, 3.8) is 0 Å². The molecule has 0 bridgehead atoms. The van der Waals surface area contributed by atoms with E-state index in [1.54, 1.807) is 17.9 Å².